The number of carbonyl (C=O) groups is 2. The van der Waals surface area contributed by atoms with E-state index in [-0.39, 0.29) is 17.7 Å². The highest BCUT2D eigenvalue weighted by Gasteiger charge is 2.26. The van der Waals surface area contributed by atoms with Crippen LogP contribution in [0.4, 0.5) is 11.4 Å². The monoisotopic (exact) mass is 447 g/mol. The van der Waals surface area contributed by atoms with Crippen molar-refractivity contribution in [3.63, 3.8) is 0 Å². The summed E-state index contributed by atoms with van der Waals surface area (Å²) in [4.78, 5) is 29.6. The number of nitrogens with one attached hydrogen (secondary N) is 1. The third-order valence-corrected chi connectivity index (χ3v) is 5.67. The Morgan fingerprint density at radius 1 is 0.970 bits per heavy atom. The predicted octanol–water partition coefficient (Wildman–Crippen LogP) is 5.42. The van der Waals surface area contributed by atoms with Gasteiger partial charge in [-0.15, -0.1) is 0 Å². The Bertz CT molecular complexity index is 1050. The molecule has 0 spiro atoms. The molecule has 0 radical (unpaired) electrons. The van der Waals surface area contributed by atoms with Gasteiger partial charge >= 0.3 is 0 Å². The number of furan rings is 1. The van der Waals surface area contributed by atoms with Gasteiger partial charge in [-0.3, -0.25) is 9.59 Å². The molecular formula is C27H33N3O3. The molecule has 0 aliphatic rings. The second kappa shape index (κ2) is 11.4. The Balaban J connectivity index is 1.96. The summed E-state index contributed by atoms with van der Waals surface area (Å²) in [5.74, 6) is 0.491. The third kappa shape index (κ3) is 6.25. The van der Waals surface area contributed by atoms with Gasteiger partial charge in [0.2, 0.25) is 11.8 Å². The molecule has 1 N–H and O–H groups in total. The van der Waals surface area contributed by atoms with Gasteiger partial charge in [-0.25, -0.2) is 0 Å². The van der Waals surface area contributed by atoms with Crippen LogP contribution in [0.5, 0.6) is 0 Å². The summed E-state index contributed by atoms with van der Waals surface area (Å²) in [5, 5.41) is 2.93. The molecule has 3 rings (SSSR count). The van der Waals surface area contributed by atoms with Crippen molar-refractivity contribution < 1.29 is 14.0 Å². The van der Waals surface area contributed by atoms with Gasteiger partial charge in [0.15, 0.2) is 0 Å². The Morgan fingerprint density at radius 2 is 1.73 bits per heavy atom. The second-order valence-electron chi connectivity index (χ2n) is 8.28. The lowest BCUT2D eigenvalue weighted by Gasteiger charge is -2.29. The molecule has 0 bridgehead atoms. The molecule has 2 aromatic carbocycles. The molecule has 0 aliphatic heterocycles. The van der Waals surface area contributed by atoms with Gasteiger partial charge in [-0.05, 0) is 47.9 Å². The Morgan fingerprint density at radius 3 is 2.33 bits per heavy atom. The zero-order chi connectivity index (χ0) is 23.8. The molecule has 174 valence electrons. The zero-order valence-electron chi connectivity index (χ0n) is 19.9. The van der Waals surface area contributed by atoms with E-state index in [0.29, 0.717) is 25.9 Å². The van der Waals surface area contributed by atoms with Crippen molar-refractivity contribution in [3.05, 3.63) is 83.8 Å². The van der Waals surface area contributed by atoms with Crippen molar-refractivity contribution in [2.45, 2.75) is 45.7 Å². The maximum absolute atomic E-state index is 13.8. The fourth-order valence-corrected chi connectivity index (χ4v) is 3.94. The first kappa shape index (κ1) is 24.1. The van der Waals surface area contributed by atoms with E-state index in [2.05, 4.69) is 5.32 Å². The number of anilines is 2. The number of rotatable bonds is 10. The summed E-state index contributed by atoms with van der Waals surface area (Å²) in [6, 6.07) is 19.4. The molecule has 0 aliphatic carbocycles. The first-order valence-electron chi connectivity index (χ1n) is 11.4. The standard InChI is InChI=1S/C27H33N3O3/c1-5-24(20-11-8-7-9-12-20)27(32)30(19-23-13-10-16-33-23)18-21-17-22(28-26(31)6-2)14-15-25(21)29(3)4/h7-17,24H,5-6,18-19H2,1-4H3,(H,28,31)/t24-/m1/s1. The molecule has 33 heavy (non-hydrogen) atoms. The molecule has 6 heteroatoms. The third-order valence-electron chi connectivity index (χ3n) is 5.67. The van der Waals surface area contributed by atoms with E-state index < -0.39 is 0 Å². The van der Waals surface area contributed by atoms with Gasteiger partial charge in [0.05, 0.1) is 18.7 Å². The molecule has 0 fully saturated rings. The van der Waals surface area contributed by atoms with E-state index in [1.807, 2.05) is 98.4 Å². The van der Waals surface area contributed by atoms with E-state index in [1.54, 1.807) is 6.26 Å². The van der Waals surface area contributed by atoms with E-state index in [1.165, 1.54) is 0 Å². The number of hydrogen-bond donors (Lipinski definition) is 1. The summed E-state index contributed by atoms with van der Waals surface area (Å²) in [6.07, 6.45) is 2.73. The van der Waals surface area contributed by atoms with E-state index in [0.717, 1.165) is 28.3 Å². The SMILES string of the molecule is CCC(=O)Nc1ccc(N(C)C)c(CN(Cc2ccco2)C(=O)[C@H](CC)c2ccccc2)c1. The quantitative estimate of drug-likeness (QED) is 0.451. The molecule has 1 heterocycles. The minimum absolute atomic E-state index is 0.0443. The Labute approximate surface area is 196 Å². The average molecular weight is 448 g/mol. The maximum Gasteiger partial charge on any atom is 0.230 e. The number of hydrogen-bond acceptors (Lipinski definition) is 4. The summed E-state index contributed by atoms with van der Waals surface area (Å²) in [7, 11) is 3.95. The van der Waals surface area contributed by atoms with E-state index in [9.17, 15) is 9.59 Å². The van der Waals surface area contributed by atoms with Crippen LogP contribution in [0.2, 0.25) is 0 Å². The van der Waals surface area contributed by atoms with Crippen molar-refractivity contribution >= 4 is 23.2 Å². The topological polar surface area (TPSA) is 65.8 Å². The van der Waals surface area contributed by atoms with Crippen LogP contribution >= 0.6 is 0 Å². The van der Waals surface area contributed by atoms with Crippen molar-refractivity contribution in [1.29, 1.82) is 0 Å². The smallest absolute Gasteiger partial charge is 0.230 e. The number of benzene rings is 2. The zero-order valence-corrected chi connectivity index (χ0v) is 19.9. The first-order chi connectivity index (χ1) is 15.9. The molecule has 1 atom stereocenters. The molecule has 0 saturated heterocycles. The van der Waals surface area contributed by atoms with Gasteiger partial charge < -0.3 is 19.5 Å². The van der Waals surface area contributed by atoms with Gasteiger partial charge in [0.1, 0.15) is 5.76 Å². The van der Waals surface area contributed by atoms with Crippen LogP contribution in [0.15, 0.2) is 71.3 Å². The molecule has 1 aromatic heterocycles. The van der Waals surface area contributed by atoms with Crippen LogP contribution in [-0.2, 0) is 22.7 Å². The van der Waals surface area contributed by atoms with Crippen molar-refractivity contribution in [2.24, 2.45) is 0 Å². The fourth-order valence-electron chi connectivity index (χ4n) is 3.94. The molecule has 0 unspecified atom stereocenters. The predicted molar refractivity (Wildman–Crippen MR) is 132 cm³/mol. The fraction of sp³-hybridized carbons (Fsp3) is 0.333. The van der Waals surface area contributed by atoms with Crippen LogP contribution in [-0.4, -0.2) is 30.8 Å². The Kier molecular flexibility index (Phi) is 8.30. The first-order valence-corrected chi connectivity index (χ1v) is 11.4. The van der Waals surface area contributed by atoms with Gasteiger partial charge in [-0.1, -0.05) is 44.2 Å². The summed E-state index contributed by atoms with van der Waals surface area (Å²) in [6.45, 7) is 4.62. The lowest BCUT2D eigenvalue weighted by atomic mass is 9.94. The Hall–Kier alpha value is -3.54. The van der Waals surface area contributed by atoms with Crippen LogP contribution < -0.4 is 10.2 Å². The van der Waals surface area contributed by atoms with Crippen LogP contribution in [0.1, 0.15) is 49.5 Å². The van der Waals surface area contributed by atoms with Crippen molar-refractivity contribution in [1.82, 2.24) is 4.90 Å². The number of amides is 2. The largest absolute Gasteiger partial charge is 0.467 e. The minimum Gasteiger partial charge on any atom is -0.467 e. The number of nitrogens with zero attached hydrogens (tertiary/aromatic N) is 2. The normalized spacial score (nSPS) is 11.6. The lowest BCUT2D eigenvalue weighted by Crippen LogP contribution is -2.34. The number of carbonyl (C=O) groups excluding carboxylic acids is 2. The second-order valence-corrected chi connectivity index (χ2v) is 8.28. The molecular weight excluding hydrogens is 414 g/mol. The van der Waals surface area contributed by atoms with E-state index in [4.69, 9.17) is 4.42 Å². The molecule has 0 saturated carbocycles. The lowest BCUT2D eigenvalue weighted by molar-refractivity contribution is -0.134. The van der Waals surface area contributed by atoms with E-state index >= 15 is 0 Å². The highest BCUT2D eigenvalue weighted by atomic mass is 16.3. The van der Waals surface area contributed by atoms with Gasteiger partial charge in [-0.2, -0.15) is 0 Å². The summed E-state index contributed by atoms with van der Waals surface area (Å²) >= 11 is 0. The summed E-state index contributed by atoms with van der Waals surface area (Å²) in [5.41, 5.74) is 3.68. The van der Waals surface area contributed by atoms with Crippen LogP contribution in [0.3, 0.4) is 0 Å². The van der Waals surface area contributed by atoms with Crippen LogP contribution in [0.25, 0.3) is 0 Å². The maximum atomic E-state index is 13.8. The summed E-state index contributed by atoms with van der Waals surface area (Å²) < 4.78 is 5.58. The highest BCUT2D eigenvalue weighted by molar-refractivity contribution is 5.91. The minimum atomic E-state index is -0.244. The molecule has 3 aromatic rings. The van der Waals surface area contributed by atoms with Crippen LogP contribution in [0, 0.1) is 0 Å². The van der Waals surface area contributed by atoms with Crippen molar-refractivity contribution in [3.8, 4) is 0 Å². The van der Waals surface area contributed by atoms with Crippen molar-refractivity contribution in [2.75, 3.05) is 24.3 Å². The average Bonchev–Trinajstić information content (AvgIpc) is 3.33. The highest BCUT2D eigenvalue weighted by Crippen LogP contribution is 2.28. The molecule has 6 nitrogen and oxygen atoms in total. The molecule has 2 amide bonds. The van der Waals surface area contributed by atoms with Gasteiger partial charge in [0.25, 0.3) is 0 Å². The van der Waals surface area contributed by atoms with Gasteiger partial charge in [0, 0.05) is 38.4 Å².